The summed E-state index contributed by atoms with van der Waals surface area (Å²) in [5.74, 6) is 0.0615. The number of likely N-dealkylation sites (tertiary alicyclic amines) is 1. The van der Waals surface area contributed by atoms with Gasteiger partial charge in [0.2, 0.25) is 5.91 Å². The second kappa shape index (κ2) is 9.99. The summed E-state index contributed by atoms with van der Waals surface area (Å²) in [6.07, 6.45) is 2.07. The van der Waals surface area contributed by atoms with Gasteiger partial charge in [-0.05, 0) is 70.0 Å². The Bertz CT molecular complexity index is 963. The molecule has 0 saturated carbocycles. The molecule has 8 nitrogen and oxygen atoms in total. The molecule has 1 fully saturated rings. The molecule has 1 aliphatic rings. The Balaban J connectivity index is 1.50. The number of hydrogen-bond acceptors (Lipinski definition) is 5. The van der Waals surface area contributed by atoms with E-state index in [1.807, 2.05) is 0 Å². The Hall–Kier alpha value is -3.13. The molecular weight excluding hydrogens is 432 g/mol. The van der Waals surface area contributed by atoms with Crippen molar-refractivity contribution < 1.29 is 19.1 Å². The third kappa shape index (κ3) is 6.68. The number of amides is 3. The summed E-state index contributed by atoms with van der Waals surface area (Å²) in [6, 6.07) is 9.98. The predicted octanol–water partition coefficient (Wildman–Crippen LogP) is 4.57. The van der Waals surface area contributed by atoms with Crippen LogP contribution in [-0.2, 0) is 9.53 Å². The van der Waals surface area contributed by atoms with Crippen LogP contribution in [0, 0.1) is 5.92 Å². The summed E-state index contributed by atoms with van der Waals surface area (Å²) in [5.41, 5.74) is 0.476. The lowest BCUT2D eigenvalue weighted by Crippen LogP contribution is -2.41. The number of benzene rings is 1. The topological polar surface area (TPSA) is 101 Å². The van der Waals surface area contributed by atoms with Crippen molar-refractivity contribution >= 4 is 41.0 Å². The highest BCUT2D eigenvalue weighted by Gasteiger charge is 2.28. The SMILES string of the molecule is CC(C)(C)OC(=O)Nc1ccc(C(=O)N2CCC(C(=O)Nc3ccc(Cl)cn3)CC2)cc1. The Kier molecular flexibility index (Phi) is 7.35. The number of ether oxygens (including phenoxy) is 1. The Morgan fingerprint density at radius 3 is 2.25 bits per heavy atom. The molecule has 0 radical (unpaired) electrons. The van der Waals surface area contributed by atoms with Crippen LogP contribution in [0.2, 0.25) is 5.02 Å². The molecule has 170 valence electrons. The van der Waals surface area contributed by atoms with E-state index in [0.717, 1.165) is 0 Å². The van der Waals surface area contributed by atoms with Gasteiger partial charge in [-0.15, -0.1) is 0 Å². The number of aromatic nitrogens is 1. The van der Waals surface area contributed by atoms with Crippen LogP contribution in [0.15, 0.2) is 42.6 Å². The third-order valence-electron chi connectivity index (χ3n) is 4.91. The average Bonchev–Trinajstić information content (AvgIpc) is 2.74. The molecule has 9 heteroatoms. The van der Waals surface area contributed by atoms with Crippen LogP contribution in [0.25, 0.3) is 0 Å². The molecular formula is C23H27ClN4O4. The molecule has 2 N–H and O–H groups in total. The van der Waals surface area contributed by atoms with Crippen molar-refractivity contribution in [2.24, 2.45) is 5.92 Å². The van der Waals surface area contributed by atoms with Crippen LogP contribution in [-0.4, -0.2) is 46.5 Å². The zero-order valence-electron chi connectivity index (χ0n) is 18.4. The molecule has 0 aliphatic carbocycles. The molecule has 0 spiro atoms. The number of carbonyl (C=O) groups excluding carboxylic acids is 3. The zero-order chi connectivity index (χ0) is 23.3. The molecule has 2 aromatic rings. The first kappa shape index (κ1) is 23.5. The van der Waals surface area contributed by atoms with Gasteiger partial charge in [-0.1, -0.05) is 11.6 Å². The highest BCUT2D eigenvalue weighted by molar-refractivity contribution is 6.30. The first-order valence-corrected chi connectivity index (χ1v) is 10.8. The van der Waals surface area contributed by atoms with Gasteiger partial charge in [-0.25, -0.2) is 9.78 Å². The number of piperidine rings is 1. The maximum atomic E-state index is 12.8. The predicted molar refractivity (Wildman–Crippen MR) is 123 cm³/mol. The molecule has 3 amide bonds. The fourth-order valence-electron chi connectivity index (χ4n) is 3.32. The van der Waals surface area contributed by atoms with Gasteiger partial charge in [0, 0.05) is 36.5 Å². The molecule has 1 aromatic carbocycles. The van der Waals surface area contributed by atoms with Gasteiger partial charge in [0.05, 0.1) is 5.02 Å². The minimum absolute atomic E-state index is 0.105. The molecule has 0 atom stereocenters. The van der Waals surface area contributed by atoms with Crippen LogP contribution in [0.1, 0.15) is 44.0 Å². The molecule has 3 rings (SSSR count). The number of rotatable bonds is 4. The number of pyridine rings is 1. The van der Waals surface area contributed by atoms with Crippen LogP contribution < -0.4 is 10.6 Å². The van der Waals surface area contributed by atoms with Gasteiger partial charge < -0.3 is 15.0 Å². The number of carbonyl (C=O) groups is 3. The number of nitrogens with one attached hydrogen (secondary N) is 2. The summed E-state index contributed by atoms with van der Waals surface area (Å²) < 4.78 is 5.22. The van der Waals surface area contributed by atoms with E-state index < -0.39 is 11.7 Å². The van der Waals surface area contributed by atoms with Gasteiger partial charge >= 0.3 is 6.09 Å². The highest BCUT2D eigenvalue weighted by Crippen LogP contribution is 2.22. The monoisotopic (exact) mass is 458 g/mol. The lowest BCUT2D eigenvalue weighted by Gasteiger charge is -2.31. The van der Waals surface area contributed by atoms with E-state index in [0.29, 0.717) is 48.0 Å². The van der Waals surface area contributed by atoms with Gasteiger partial charge in [0.25, 0.3) is 5.91 Å². The van der Waals surface area contributed by atoms with E-state index in [1.165, 1.54) is 6.20 Å². The third-order valence-corrected chi connectivity index (χ3v) is 5.13. The summed E-state index contributed by atoms with van der Waals surface area (Å²) >= 11 is 5.81. The molecule has 1 saturated heterocycles. The molecule has 0 unspecified atom stereocenters. The number of hydrogen-bond donors (Lipinski definition) is 2. The van der Waals surface area contributed by atoms with Crippen molar-refractivity contribution in [3.05, 3.63) is 53.2 Å². The molecule has 32 heavy (non-hydrogen) atoms. The number of anilines is 2. The van der Waals surface area contributed by atoms with Crippen LogP contribution >= 0.6 is 11.6 Å². The van der Waals surface area contributed by atoms with Crippen molar-refractivity contribution in [1.82, 2.24) is 9.88 Å². The van der Waals surface area contributed by atoms with Gasteiger partial charge in [-0.2, -0.15) is 0 Å². The Morgan fingerprint density at radius 1 is 1.03 bits per heavy atom. The van der Waals surface area contributed by atoms with E-state index in [-0.39, 0.29) is 17.7 Å². The summed E-state index contributed by atoms with van der Waals surface area (Å²) in [6.45, 7) is 6.34. The second-order valence-corrected chi connectivity index (χ2v) is 9.06. The zero-order valence-corrected chi connectivity index (χ0v) is 19.1. The number of nitrogens with zero attached hydrogens (tertiary/aromatic N) is 2. The summed E-state index contributed by atoms with van der Waals surface area (Å²) in [7, 11) is 0. The van der Waals surface area contributed by atoms with Crippen molar-refractivity contribution in [3.8, 4) is 0 Å². The number of halogens is 1. The van der Waals surface area contributed by atoms with E-state index in [1.54, 1.807) is 62.1 Å². The van der Waals surface area contributed by atoms with E-state index >= 15 is 0 Å². The smallest absolute Gasteiger partial charge is 0.412 e. The van der Waals surface area contributed by atoms with Crippen LogP contribution in [0.5, 0.6) is 0 Å². The summed E-state index contributed by atoms with van der Waals surface area (Å²) in [5, 5.41) is 5.94. The Morgan fingerprint density at radius 2 is 1.69 bits per heavy atom. The van der Waals surface area contributed by atoms with Crippen molar-refractivity contribution in [1.29, 1.82) is 0 Å². The van der Waals surface area contributed by atoms with Crippen molar-refractivity contribution in [2.75, 3.05) is 23.7 Å². The average molecular weight is 459 g/mol. The maximum absolute atomic E-state index is 12.8. The standard InChI is InChI=1S/C23H27ClN4O4/c1-23(2,3)32-22(31)26-18-7-4-16(5-8-18)21(30)28-12-10-15(11-13-28)20(29)27-19-9-6-17(24)14-25-19/h4-9,14-15H,10-13H2,1-3H3,(H,26,31)(H,25,27,29). The molecule has 1 aliphatic heterocycles. The summed E-state index contributed by atoms with van der Waals surface area (Å²) in [4.78, 5) is 43.0. The lowest BCUT2D eigenvalue weighted by atomic mass is 9.95. The van der Waals surface area contributed by atoms with Crippen molar-refractivity contribution in [3.63, 3.8) is 0 Å². The first-order valence-electron chi connectivity index (χ1n) is 10.4. The van der Waals surface area contributed by atoms with E-state index in [2.05, 4.69) is 15.6 Å². The lowest BCUT2D eigenvalue weighted by molar-refractivity contribution is -0.121. The van der Waals surface area contributed by atoms with E-state index in [4.69, 9.17) is 16.3 Å². The molecule has 1 aromatic heterocycles. The maximum Gasteiger partial charge on any atom is 0.412 e. The second-order valence-electron chi connectivity index (χ2n) is 8.62. The van der Waals surface area contributed by atoms with Gasteiger partial charge in [-0.3, -0.25) is 14.9 Å². The molecule has 0 bridgehead atoms. The van der Waals surface area contributed by atoms with E-state index in [9.17, 15) is 14.4 Å². The van der Waals surface area contributed by atoms with Crippen molar-refractivity contribution in [2.45, 2.75) is 39.2 Å². The normalized spacial score (nSPS) is 14.6. The van der Waals surface area contributed by atoms with Crippen LogP contribution in [0.4, 0.5) is 16.3 Å². The minimum Gasteiger partial charge on any atom is -0.444 e. The Labute approximate surface area is 192 Å². The molecule has 2 heterocycles. The fourth-order valence-corrected chi connectivity index (χ4v) is 3.43. The highest BCUT2D eigenvalue weighted by atomic mass is 35.5. The fraction of sp³-hybridized carbons (Fsp3) is 0.391. The quantitative estimate of drug-likeness (QED) is 0.698. The minimum atomic E-state index is -0.589. The van der Waals surface area contributed by atoms with Gasteiger partial charge in [0.1, 0.15) is 11.4 Å². The van der Waals surface area contributed by atoms with Gasteiger partial charge in [0.15, 0.2) is 0 Å². The first-order chi connectivity index (χ1) is 15.1. The largest absolute Gasteiger partial charge is 0.444 e. The van der Waals surface area contributed by atoms with Crippen LogP contribution in [0.3, 0.4) is 0 Å².